The Morgan fingerprint density at radius 2 is 1.17 bits per heavy atom. The van der Waals surface area contributed by atoms with Crippen LogP contribution >= 0.6 is 0 Å². The molecule has 2 aromatic rings. The van der Waals surface area contributed by atoms with Crippen LogP contribution < -0.4 is 0 Å². The fourth-order valence-corrected chi connectivity index (χ4v) is 1.98. The lowest BCUT2D eigenvalue weighted by atomic mass is 10.0. The molecule has 6 heteroatoms. The van der Waals surface area contributed by atoms with E-state index >= 15 is 0 Å². The van der Waals surface area contributed by atoms with E-state index in [4.69, 9.17) is 10.2 Å². The summed E-state index contributed by atoms with van der Waals surface area (Å²) in [5, 5.41) is 27.3. The molecule has 0 fully saturated rings. The second-order valence-electron chi connectivity index (χ2n) is 4.44. The number of hydrogen-bond acceptors (Lipinski definition) is 3. The van der Waals surface area contributed by atoms with Crippen molar-refractivity contribution in [1.82, 2.24) is 0 Å². The number of carbonyl (C=O) groups is 3. The number of carboxylic acids is 3. The Labute approximate surface area is 130 Å². The van der Waals surface area contributed by atoms with Gasteiger partial charge in [-0.15, -0.1) is 0 Å². The molecule has 0 heterocycles. The molecular formula is C17H10O6. The molecule has 2 rings (SSSR count). The van der Waals surface area contributed by atoms with E-state index in [-0.39, 0.29) is 22.3 Å². The Bertz CT molecular complexity index is 870. The molecule has 114 valence electrons. The Hall–Kier alpha value is -3.59. The lowest BCUT2D eigenvalue weighted by molar-refractivity contribution is 0.0651. The van der Waals surface area contributed by atoms with Crippen molar-refractivity contribution >= 4 is 17.9 Å². The van der Waals surface area contributed by atoms with E-state index in [1.165, 1.54) is 30.3 Å². The van der Waals surface area contributed by atoms with Crippen molar-refractivity contribution in [2.45, 2.75) is 0 Å². The average Bonchev–Trinajstić information content (AvgIpc) is 2.52. The summed E-state index contributed by atoms with van der Waals surface area (Å²) in [5.74, 6) is 1.17. The Balaban J connectivity index is 2.60. The second kappa shape index (κ2) is 6.45. The largest absolute Gasteiger partial charge is 0.478 e. The number of rotatable bonds is 3. The van der Waals surface area contributed by atoms with Crippen LogP contribution in [-0.4, -0.2) is 33.2 Å². The first-order valence-corrected chi connectivity index (χ1v) is 6.35. The molecule has 0 radical (unpaired) electrons. The van der Waals surface area contributed by atoms with Crippen LogP contribution in [-0.2, 0) is 0 Å². The molecular weight excluding hydrogens is 300 g/mol. The third-order valence-electron chi connectivity index (χ3n) is 3.00. The van der Waals surface area contributed by atoms with E-state index in [0.717, 1.165) is 0 Å². The van der Waals surface area contributed by atoms with Crippen LogP contribution in [0.2, 0.25) is 0 Å². The molecule has 0 saturated heterocycles. The zero-order chi connectivity index (χ0) is 17.0. The highest BCUT2D eigenvalue weighted by Crippen LogP contribution is 2.15. The van der Waals surface area contributed by atoms with Gasteiger partial charge in [0, 0.05) is 11.1 Å². The maximum absolute atomic E-state index is 11.3. The number of aromatic carboxylic acids is 3. The summed E-state index contributed by atoms with van der Waals surface area (Å²) in [6.07, 6.45) is 0. The van der Waals surface area contributed by atoms with Gasteiger partial charge in [-0.1, -0.05) is 30.0 Å². The van der Waals surface area contributed by atoms with Gasteiger partial charge in [-0.25, -0.2) is 14.4 Å². The minimum Gasteiger partial charge on any atom is -0.478 e. The van der Waals surface area contributed by atoms with Crippen molar-refractivity contribution in [1.29, 1.82) is 0 Å². The van der Waals surface area contributed by atoms with Gasteiger partial charge in [0.25, 0.3) is 0 Å². The summed E-state index contributed by atoms with van der Waals surface area (Å²) >= 11 is 0. The lowest BCUT2D eigenvalue weighted by Gasteiger charge is -2.03. The molecule has 0 aromatic heterocycles. The Morgan fingerprint density at radius 1 is 0.652 bits per heavy atom. The second-order valence-corrected chi connectivity index (χ2v) is 4.44. The van der Waals surface area contributed by atoms with Gasteiger partial charge in [0.15, 0.2) is 0 Å². The van der Waals surface area contributed by atoms with E-state index in [1.54, 1.807) is 12.1 Å². The van der Waals surface area contributed by atoms with Crippen LogP contribution in [0.15, 0.2) is 42.5 Å². The van der Waals surface area contributed by atoms with Gasteiger partial charge in [-0.3, -0.25) is 0 Å². The average molecular weight is 310 g/mol. The van der Waals surface area contributed by atoms with Gasteiger partial charge >= 0.3 is 17.9 Å². The summed E-state index contributed by atoms with van der Waals surface area (Å²) < 4.78 is 0. The van der Waals surface area contributed by atoms with E-state index in [9.17, 15) is 19.5 Å². The van der Waals surface area contributed by atoms with Crippen LogP contribution in [0.4, 0.5) is 0 Å². The Morgan fingerprint density at radius 3 is 1.78 bits per heavy atom. The van der Waals surface area contributed by atoms with E-state index in [0.29, 0.717) is 0 Å². The molecule has 0 amide bonds. The van der Waals surface area contributed by atoms with Crippen molar-refractivity contribution in [3.05, 3.63) is 70.3 Å². The summed E-state index contributed by atoms with van der Waals surface area (Å²) in [5.41, 5.74) is -0.628. The van der Waals surface area contributed by atoms with Gasteiger partial charge in [-0.2, -0.15) is 0 Å². The summed E-state index contributed by atoms with van der Waals surface area (Å²) in [7, 11) is 0. The molecule has 2 aromatic carbocycles. The molecule has 0 atom stereocenters. The minimum atomic E-state index is -1.42. The fraction of sp³-hybridized carbons (Fsp3) is 0. The van der Waals surface area contributed by atoms with Crippen LogP contribution in [0.5, 0.6) is 0 Å². The van der Waals surface area contributed by atoms with Crippen molar-refractivity contribution in [3.63, 3.8) is 0 Å². The predicted octanol–water partition coefficient (Wildman–Crippen LogP) is 2.18. The van der Waals surface area contributed by atoms with Crippen molar-refractivity contribution < 1.29 is 29.7 Å². The number of benzene rings is 2. The number of carboxylic acid groups (broad SMARTS) is 3. The lowest BCUT2D eigenvalue weighted by Crippen LogP contribution is -2.10. The van der Waals surface area contributed by atoms with Crippen LogP contribution in [0.1, 0.15) is 42.2 Å². The minimum absolute atomic E-state index is 0.00223. The van der Waals surface area contributed by atoms with E-state index in [2.05, 4.69) is 11.8 Å². The van der Waals surface area contributed by atoms with Crippen LogP contribution in [0, 0.1) is 11.8 Å². The first kappa shape index (κ1) is 15.8. The molecule has 6 nitrogen and oxygen atoms in total. The van der Waals surface area contributed by atoms with Crippen molar-refractivity contribution in [2.75, 3.05) is 0 Å². The summed E-state index contributed by atoms with van der Waals surface area (Å²) in [6, 6.07) is 9.91. The van der Waals surface area contributed by atoms with Gasteiger partial charge < -0.3 is 15.3 Å². The molecule has 0 bridgehead atoms. The maximum Gasteiger partial charge on any atom is 0.337 e. The monoisotopic (exact) mass is 310 g/mol. The molecule has 0 aliphatic rings. The topological polar surface area (TPSA) is 112 Å². The maximum atomic E-state index is 11.3. The normalized spacial score (nSPS) is 9.57. The first-order chi connectivity index (χ1) is 10.9. The molecule has 0 unspecified atom stereocenters. The standard InChI is InChI=1S/C17H10O6/c18-15(19)12-6-2-1-4-10(12)8-9-11-5-3-7-13(16(20)21)14(11)17(22)23/h1-7H,(H,18,19)(H,20,21)(H,22,23). The molecule has 0 aliphatic heterocycles. The zero-order valence-electron chi connectivity index (χ0n) is 11.6. The highest BCUT2D eigenvalue weighted by Gasteiger charge is 2.19. The van der Waals surface area contributed by atoms with Gasteiger partial charge in [-0.05, 0) is 24.3 Å². The molecule has 0 saturated carbocycles. The van der Waals surface area contributed by atoms with E-state index in [1.807, 2.05) is 0 Å². The predicted molar refractivity (Wildman–Crippen MR) is 79.7 cm³/mol. The highest BCUT2D eigenvalue weighted by atomic mass is 16.4. The van der Waals surface area contributed by atoms with Gasteiger partial charge in [0.2, 0.25) is 0 Å². The summed E-state index contributed by atoms with van der Waals surface area (Å²) in [4.78, 5) is 33.5. The first-order valence-electron chi connectivity index (χ1n) is 6.35. The molecule has 3 N–H and O–H groups in total. The third kappa shape index (κ3) is 3.36. The van der Waals surface area contributed by atoms with Gasteiger partial charge in [0.05, 0.1) is 16.7 Å². The zero-order valence-corrected chi connectivity index (χ0v) is 11.6. The van der Waals surface area contributed by atoms with Gasteiger partial charge in [0.1, 0.15) is 0 Å². The highest BCUT2D eigenvalue weighted by molar-refractivity contribution is 6.03. The molecule has 0 spiro atoms. The Kier molecular flexibility index (Phi) is 4.43. The van der Waals surface area contributed by atoms with Crippen LogP contribution in [0.3, 0.4) is 0 Å². The van der Waals surface area contributed by atoms with Crippen LogP contribution in [0.25, 0.3) is 0 Å². The summed E-state index contributed by atoms with van der Waals surface area (Å²) in [6.45, 7) is 0. The van der Waals surface area contributed by atoms with E-state index < -0.39 is 23.5 Å². The molecule has 0 aliphatic carbocycles. The molecule has 23 heavy (non-hydrogen) atoms. The SMILES string of the molecule is O=C(O)c1ccccc1C#Cc1cccc(C(=O)O)c1C(=O)O. The van der Waals surface area contributed by atoms with Crippen molar-refractivity contribution in [3.8, 4) is 11.8 Å². The fourth-order valence-electron chi connectivity index (χ4n) is 1.98. The number of hydrogen-bond donors (Lipinski definition) is 3. The third-order valence-corrected chi connectivity index (χ3v) is 3.00. The quantitative estimate of drug-likeness (QED) is 0.749. The van der Waals surface area contributed by atoms with Crippen molar-refractivity contribution in [2.24, 2.45) is 0 Å². The smallest absolute Gasteiger partial charge is 0.337 e.